The Morgan fingerprint density at radius 2 is 1.60 bits per heavy atom. The molecule has 1 aromatic rings. The highest BCUT2D eigenvalue weighted by atomic mass is 79.9. The highest BCUT2D eigenvalue weighted by molar-refractivity contribution is 9.10. The summed E-state index contributed by atoms with van der Waals surface area (Å²) in [5.74, 6) is -0.302. The number of hydrogen-bond acceptors (Lipinski definition) is 1. The van der Waals surface area contributed by atoms with Gasteiger partial charge in [-0.25, -0.2) is 4.39 Å². The van der Waals surface area contributed by atoms with Crippen molar-refractivity contribution < 1.29 is 9.50 Å². The maximum absolute atomic E-state index is 13.2. The Morgan fingerprint density at radius 3 is 2.20 bits per heavy atom. The molecule has 0 aliphatic rings. The molecular weight excluding hydrogens is 319 g/mol. The first-order valence-corrected chi connectivity index (χ1v) is 8.57. The molecule has 1 rings (SSSR count). The molecule has 0 aliphatic carbocycles. The summed E-state index contributed by atoms with van der Waals surface area (Å²) in [5.41, 5.74) is 0.667. The molecule has 114 valence electrons. The second kappa shape index (κ2) is 10.3. The molecule has 1 unspecified atom stereocenters. The summed E-state index contributed by atoms with van der Waals surface area (Å²) < 4.78 is 13.9. The number of aliphatic hydroxyl groups is 1. The van der Waals surface area contributed by atoms with Gasteiger partial charge in [0.25, 0.3) is 0 Å². The van der Waals surface area contributed by atoms with Crippen LogP contribution >= 0.6 is 15.9 Å². The van der Waals surface area contributed by atoms with Crippen molar-refractivity contribution in [1.82, 2.24) is 0 Å². The second-order valence-electron chi connectivity index (χ2n) is 5.48. The lowest BCUT2D eigenvalue weighted by Crippen LogP contribution is -1.98. The van der Waals surface area contributed by atoms with Crippen LogP contribution in [0.1, 0.15) is 76.4 Å². The largest absolute Gasteiger partial charge is 0.388 e. The van der Waals surface area contributed by atoms with Gasteiger partial charge in [0.1, 0.15) is 5.82 Å². The van der Waals surface area contributed by atoms with Crippen LogP contribution in [0.2, 0.25) is 0 Å². The maximum Gasteiger partial charge on any atom is 0.124 e. The fraction of sp³-hybridized carbons (Fsp3) is 0.647. The first kappa shape index (κ1) is 17.6. The lowest BCUT2D eigenvalue weighted by atomic mass is 10.0. The monoisotopic (exact) mass is 344 g/mol. The summed E-state index contributed by atoms with van der Waals surface area (Å²) in [6.07, 6.45) is 10.1. The average Bonchev–Trinajstić information content (AvgIpc) is 2.40. The van der Waals surface area contributed by atoms with Gasteiger partial charge in [0.2, 0.25) is 0 Å². The van der Waals surface area contributed by atoms with Gasteiger partial charge >= 0.3 is 0 Å². The van der Waals surface area contributed by atoms with E-state index >= 15 is 0 Å². The Hall–Kier alpha value is -0.410. The van der Waals surface area contributed by atoms with E-state index in [-0.39, 0.29) is 5.82 Å². The highest BCUT2D eigenvalue weighted by Gasteiger charge is 2.09. The van der Waals surface area contributed by atoms with E-state index in [1.165, 1.54) is 50.7 Å². The summed E-state index contributed by atoms with van der Waals surface area (Å²) >= 11 is 3.25. The zero-order chi connectivity index (χ0) is 14.8. The Balaban J connectivity index is 2.15. The number of aliphatic hydroxyl groups excluding tert-OH is 1. The fourth-order valence-corrected chi connectivity index (χ4v) is 2.89. The van der Waals surface area contributed by atoms with Crippen molar-refractivity contribution in [1.29, 1.82) is 0 Å². The zero-order valence-corrected chi connectivity index (χ0v) is 14.0. The third-order valence-electron chi connectivity index (χ3n) is 3.60. The van der Waals surface area contributed by atoms with Gasteiger partial charge in [0.15, 0.2) is 0 Å². The van der Waals surface area contributed by atoms with Gasteiger partial charge in [0.05, 0.1) is 6.10 Å². The van der Waals surface area contributed by atoms with Crippen molar-refractivity contribution in [3.8, 4) is 0 Å². The predicted octanol–water partition coefficient (Wildman–Crippen LogP) is 6.15. The van der Waals surface area contributed by atoms with Crippen molar-refractivity contribution in [2.75, 3.05) is 0 Å². The quantitative estimate of drug-likeness (QED) is 0.504. The van der Waals surface area contributed by atoms with Gasteiger partial charge in [-0.15, -0.1) is 0 Å². The van der Waals surface area contributed by atoms with E-state index in [0.717, 1.165) is 12.8 Å². The predicted molar refractivity (Wildman–Crippen MR) is 86.3 cm³/mol. The third-order valence-corrected chi connectivity index (χ3v) is 4.06. The van der Waals surface area contributed by atoms with Gasteiger partial charge < -0.3 is 5.11 Å². The summed E-state index contributed by atoms with van der Waals surface area (Å²) in [5, 5.41) is 10.1. The Bertz CT molecular complexity index is 361. The lowest BCUT2D eigenvalue weighted by molar-refractivity contribution is 0.163. The van der Waals surface area contributed by atoms with Gasteiger partial charge in [-0.2, -0.15) is 0 Å². The number of unbranched alkanes of at least 4 members (excludes halogenated alkanes) is 7. The van der Waals surface area contributed by atoms with Gasteiger partial charge in [-0.05, 0) is 30.2 Å². The van der Waals surface area contributed by atoms with Crippen LogP contribution in [-0.2, 0) is 0 Å². The molecule has 0 radical (unpaired) electrons. The summed E-state index contributed by atoms with van der Waals surface area (Å²) in [4.78, 5) is 0. The molecule has 1 nitrogen and oxygen atoms in total. The van der Waals surface area contributed by atoms with Gasteiger partial charge in [-0.1, -0.05) is 74.2 Å². The molecule has 20 heavy (non-hydrogen) atoms. The van der Waals surface area contributed by atoms with Crippen LogP contribution in [0.25, 0.3) is 0 Å². The van der Waals surface area contributed by atoms with Crippen molar-refractivity contribution in [3.05, 3.63) is 34.1 Å². The molecule has 0 saturated heterocycles. The molecule has 0 bridgehead atoms. The molecule has 0 heterocycles. The Morgan fingerprint density at radius 1 is 1.00 bits per heavy atom. The smallest absolute Gasteiger partial charge is 0.124 e. The molecule has 0 aliphatic heterocycles. The summed E-state index contributed by atoms with van der Waals surface area (Å²) in [6, 6.07) is 4.62. The van der Waals surface area contributed by atoms with Gasteiger partial charge in [0, 0.05) is 4.47 Å². The van der Waals surface area contributed by atoms with Crippen LogP contribution in [-0.4, -0.2) is 5.11 Å². The van der Waals surface area contributed by atoms with E-state index in [4.69, 9.17) is 0 Å². The molecule has 0 amide bonds. The number of rotatable bonds is 10. The van der Waals surface area contributed by atoms with Gasteiger partial charge in [-0.3, -0.25) is 0 Å². The van der Waals surface area contributed by atoms with Crippen LogP contribution in [0.3, 0.4) is 0 Å². The van der Waals surface area contributed by atoms with E-state index in [0.29, 0.717) is 16.5 Å². The van der Waals surface area contributed by atoms with Crippen LogP contribution in [0.15, 0.2) is 22.7 Å². The number of hydrogen-bond donors (Lipinski definition) is 1. The molecule has 0 spiro atoms. The Labute approximate surface area is 130 Å². The molecular formula is C17H26BrFO. The van der Waals surface area contributed by atoms with E-state index in [9.17, 15) is 9.50 Å². The first-order valence-electron chi connectivity index (χ1n) is 7.77. The molecule has 1 N–H and O–H groups in total. The molecule has 3 heteroatoms. The molecule has 0 fully saturated rings. The third kappa shape index (κ3) is 7.39. The van der Waals surface area contributed by atoms with E-state index in [2.05, 4.69) is 22.9 Å². The van der Waals surface area contributed by atoms with Crippen LogP contribution in [0.4, 0.5) is 4.39 Å². The standard InChI is InChI=1S/C17H26BrFO/c1-2-3-4-5-6-7-8-9-10-17(20)14-11-15(18)13-16(19)12-14/h11-13,17,20H,2-10H2,1H3. The summed E-state index contributed by atoms with van der Waals surface area (Å²) in [7, 11) is 0. The minimum absolute atomic E-state index is 0.302. The van der Waals surface area contributed by atoms with E-state index in [1.807, 2.05) is 0 Å². The van der Waals surface area contributed by atoms with E-state index in [1.54, 1.807) is 6.07 Å². The van der Waals surface area contributed by atoms with Crippen molar-refractivity contribution in [2.45, 2.75) is 70.8 Å². The number of benzene rings is 1. The van der Waals surface area contributed by atoms with Crippen LogP contribution in [0.5, 0.6) is 0 Å². The van der Waals surface area contributed by atoms with Crippen LogP contribution < -0.4 is 0 Å². The minimum atomic E-state index is -0.554. The molecule has 1 atom stereocenters. The molecule has 0 saturated carbocycles. The van der Waals surface area contributed by atoms with Crippen LogP contribution in [0, 0.1) is 5.82 Å². The average molecular weight is 345 g/mol. The fourth-order valence-electron chi connectivity index (χ4n) is 2.41. The second-order valence-corrected chi connectivity index (χ2v) is 6.40. The normalized spacial score (nSPS) is 12.6. The number of halogens is 2. The van der Waals surface area contributed by atoms with Crippen molar-refractivity contribution in [2.24, 2.45) is 0 Å². The molecule has 1 aromatic carbocycles. The van der Waals surface area contributed by atoms with Crippen molar-refractivity contribution >= 4 is 15.9 Å². The first-order chi connectivity index (χ1) is 9.63. The molecule has 0 aromatic heterocycles. The zero-order valence-electron chi connectivity index (χ0n) is 12.4. The lowest BCUT2D eigenvalue weighted by Gasteiger charge is -2.11. The highest BCUT2D eigenvalue weighted by Crippen LogP contribution is 2.24. The van der Waals surface area contributed by atoms with E-state index < -0.39 is 6.10 Å². The maximum atomic E-state index is 13.2. The topological polar surface area (TPSA) is 20.2 Å². The minimum Gasteiger partial charge on any atom is -0.388 e. The SMILES string of the molecule is CCCCCCCCCCC(O)c1cc(F)cc(Br)c1. The summed E-state index contributed by atoms with van der Waals surface area (Å²) in [6.45, 7) is 2.23. The Kier molecular flexibility index (Phi) is 9.12. The van der Waals surface area contributed by atoms with Crippen molar-refractivity contribution in [3.63, 3.8) is 0 Å².